The Morgan fingerprint density at radius 1 is 1.57 bits per heavy atom. The lowest BCUT2D eigenvalue weighted by atomic mass is 10.2. The van der Waals surface area contributed by atoms with Crippen LogP contribution in [0.2, 0.25) is 0 Å². The highest BCUT2D eigenvalue weighted by atomic mass is 32.1. The Kier molecular flexibility index (Phi) is 2.54. The summed E-state index contributed by atoms with van der Waals surface area (Å²) in [4.78, 5) is 0. The van der Waals surface area contributed by atoms with E-state index < -0.39 is 0 Å². The van der Waals surface area contributed by atoms with Gasteiger partial charge in [0, 0.05) is 29.9 Å². The molecule has 1 N–H and O–H groups in total. The van der Waals surface area contributed by atoms with Crippen LogP contribution < -0.4 is 5.32 Å². The largest absolute Gasteiger partial charge is 0.378 e. The molecule has 0 radical (unpaired) electrons. The number of hydrogen-bond donors (Lipinski definition) is 1. The first-order valence-corrected chi connectivity index (χ1v) is 5.47. The van der Waals surface area contributed by atoms with E-state index in [9.17, 15) is 0 Å². The smallest absolute Gasteiger partial charge is 0.0542 e. The van der Waals surface area contributed by atoms with Crippen LogP contribution in [0, 0.1) is 0 Å². The van der Waals surface area contributed by atoms with Gasteiger partial charge in [-0.05, 0) is 18.4 Å². The van der Waals surface area contributed by atoms with Crippen molar-refractivity contribution in [2.75, 3.05) is 5.32 Å². The molecule has 0 aliphatic heterocycles. The summed E-state index contributed by atoms with van der Waals surface area (Å²) in [5.41, 5.74) is 2.38. The Morgan fingerprint density at radius 2 is 2.43 bits per heavy atom. The molecule has 2 aromatic rings. The van der Waals surface area contributed by atoms with Gasteiger partial charge < -0.3 is 5.32 Å². The Morgan fingerprint density at radius 3 is 3.00 bits per heavy atom. The molecule has 74 valence electrons. The van der Waals surface area contributed by atoms with Gasteiger partial charge in [-0.2, -0.15) is 16.4 Å². The summed E-state index contributed by atoms with van der Waals surface area (Å²) in [6.45, 7) is 2.13. The van der Waals surface area contributed by atoms with Gasteiger partial charge in [0.1, 0.15) is 0 Å². The number of hydrogen-bond acceptors (Lipinski definition) is 3. The lowest BCUT2D eigenvalue weighted by Gasteiger charge is -2.11. The summed E-state index contributed by atoms with van der Waals surface area (Å²) in [7, 11) is 1.93. The molecule has 0 aromatic carbocycles. The van der Waals surface area contributed by atoms with Crippen LogP contribution >= 0.6 is 11.3 Å². The third-order valence-corrected chi connectivity index (χ3v) is 2.81. The number of aromatic nitrogens is 2. The van der Waals surface area contributed by atoms with E-state index in [0.717, 1.165) is 0 Å². The number of thiophene rings is 1. The van der Waals surface area contributed by atoms with E-state index in [2.05, 4.69) is 34.2 Å². The van der Waals surface area contributed by atoms with Crippen LogP contribution in [0.5, 0.6) is 0 Å². The summed E-state index contributed by atoms with van der Waals surface area (Å²) >= 11 is 1.70. The predicted octanol–water partition coefficient (Wildman–Crippen LogP) is 2.65. The lowest BCUT2D eigenvalue weighted by molar-refractivity contribution is 0.765. The quantitative estimate of drug-likeness (QED) is 0.838. The summed E-state index contributed by atoms with van der Waals surface area (Å²) in [5, 5.41) is 11.7. The Bertz CT molecular complexity index is 391. The van der Waals surface area contributed by atoms with E-state index in [-0.39, 0.29) is 0 Å². The molecule has 0 aliphatic rings. The minimum absolute atomic E-state index is 0.304. The zero-order chi connectivity index (χ0) is 9.97. The van der Waals surface area contributed by atoms with E-state index in [1.165, 1.54) is 11.3 Å². The van der Waals surface area contributed by atoms with Gasteiger partial charge in [0.15, 0.2) is 0 Å². The molecule has 0 fully saturated rings. The van der Waals surface area contributed by atoms with E-state index in [0.29, 0.717) is 6.04 Å². The van der Waals surface area contributed by atoms with Gasteiger partial charge in [-0.1, -0.05) is 0 Å². The Hall–Kier alpha value is -1.29. The monoisotopic (exact) mass is 207 g/mol. The molecule has 2 rings (SSSR count). The minimum Gasteiger partial charge on any atom is -0.378 e. The fourth-order valence-corrected chi connectivity index (χ4v) is 1.94. The maximum Gasteiger partial charge on any atom is 0.0542 e. The fraction of sp³-hybridized carbons (Fsp3) is 0.300. The van der Waals surface area contributed by atoms with Crippen molar-refractivity contribution in [3.8, 4) is 0 Å². The van der Waals surface area contributed by atoms with Crippen LogP contribution in [0.3, 0.4) is 0 Å². The molecule has 3 nitrogen and oxygen atoms in total. The molecule has 1 unspecified atom stereocenters. The van der Waals surface area contributed by atoms with Crippen LogP contribution in [0.25, 0.3) is 0 Å². The van der Waals surface area contributed by atoms with Crippen LogP contribution in [0.15, 0.2) is 29.2 Å². The molecular weight excluding hydrogens is 194 g/mol. The molecule has 2 heterocycles. The van der Waals surface area contributed by atoms with Crippen LogP contribution in [0.1, 0.15) is 18.5 Å². The zero-order valence-corrected chi connectivity index (χ0v) is 9.08. The Labute approximate surface area is 87.4 Å². The predicted molar refractivity (Wildman–Crippen MR) is 59.6 cm³/mol. The molecule has 0 bridgehead atoms. The third kappa shape index (κ3) is 1.96. The third-order valence-electron chi connectivity index (χ3n) is 2.13. The highest BCUT2D eigenvalue weighted by Crippen LogP contribution is 2.20. The van der Waals surface area contributed by atoms with Crippen LogP contribution in [0.4, 0.5) is 5.69 Å². The summed E-state index contributed by atoms with van der Waals surface area (Å²) < 4.78 is 1.82. The van der Waals surface area contributed by atoms with Crippen molar-refractivity contribution in [3.63, 3.8) is 0 Å². The molecule has 0 spiro atoms. The summed E-state index contributed by atoms with van der Waals surface area (Å²) in [5.74, 6) is 0. The van der Waals surface area contributed by atoms with E-state index in [1.807, 2.05) is 24.1 Å². The van der Waals surface area contributed by atoms with Crippen molar-refractivity contribution < 1.29 is 0 Å². The molecule has 2 aromatic heterocycles. The van der Waals surface area contributed by atoms with Gasteiger partial charge in [0.25, 0.3) is 0 Å². The number of nitrogens with zero attached hydrogens (tertiary/aromatic N) is 2. The molecular formula is C10H13N3S. The molecule has 0 saturated carbocycles. The van der Waals surface area contributed by atoms with Gasteiger partial charge >= 0.3 is 0 Å². The average Bonchev–Trinajstić information content (AvgIpc) is 2.75. The van der Waals surface area contributed by atoms with E-state index in [1.54, 1.807) is 11.3 Å². The standard InChI is InChI=1S/C10H13N3S/c1-8(9-5-11-13(2)6-9)12-10-3-4-14-7-10/h3-8,12H,1-2H3. The van der Waals surface area contributed by atoms with E-state index >= 15 is 0 Å². The first-order chi connectivity index (χ1) is 6.75. The maximum absolute atomic E-state index is 4.15. The molecule has 1 atom stereocenters. The second-order valence-corrected chi connectivity index (χ2v) is 4.11. The van der Waals surface area contributed by atoms with Gasteiger partial charge in [0.05, 0.1) is 12.2 Å². The number of nitrogens with one attached hydrogen (secondary N) is 1. The molecule has 4 heteroatoms. The number of aryl methyl sites for hydroxylation is 1. The topological polar surface area (TPSA) is 29.9 Å². The SMILES string of the molecule is CC(Nc1ccsc1)c1cnn(C)c1. The van der Waals surface area contributed by atoms with Crippen molar-refractivity contribution >= 4 is 17.0 Å². The fourth-order valence-electron chi connectivity index (χ4n) is 1.34. The van der Waals surface area contributed by atoms with Gasteiger partial charge in [-0.15, -0.1) is 0 Å². The Balaban J connectivity index is 2.06. The normalized spacial score (nSPS) is 12.7. The second kappa shape index (κ2) is 3.84. The van der Waals surface area contributed by atoms with Crippen molar-refractivity contribution in [1.29, 1.82) is 0 Å². The van der Waals surface area contributed by atoms with Gasteiger partial charge in [0.2, 0.25) is 0 Å². The van der Waals surface area contributed by atoms with Gasteiger partial charge in [-0.25, -0.2) is 0 Å². The van der Waals surface area contributed by atoms with Crippen molar-refractivity contribution in [3.05, 3.63) is 34.8 Å². The lowest BCUT2D eigenvalue weighted by Crippen LogP contribution is -2.04. The van der Waals surface area contributed by atoms with Crippen LogP contribution in [-0.2, 0) is 7.05 Å². The highest BCUT2D eigenvalue weighted by Gasteiger charge is 2.06. The highest BCUT2D eigenvalue weighted by molar-refractivity contribution is 7.08. The molecule has 0 aliphatic carbocycles. The van der Waals surface area contributed by atoms with Crippen molar-refractivity contribution in [2.24, 2.45) is 7.05 Å². The molecule has 0 saturated heterocycles. The first kappa shape index (κ1) is 9.27. The van der Waals surface area contributed by atoms with Crippen molar-refractivity contribution in [2.45, 2.75) is 13.0 Å². The number of anilines is 1. The van der Waals surface area contributed by atoms with Crippen molar-refractivity contribution in [1.82, 2.24) is 9.78 Å². The van der Waals surface area contributed by atoms with E-state index in [4.69, 9.17) is 0 Å². The van der Waals surface area contributed by atoms with Gasteiger partial charge in [-0.3, -0.25) is 4.68 Å². The molecule has 0 amide bonds. The average molecular weight is 207 g/mol. The maximum atomic E-state index is 4.15. The second-order valence-electron chi connectivity index (χ2n) is 3.33. The zero-order valence-electron chi connectivity index (χ0n) is 8.27. The molecule has 14 heavy (non-hydrogen) atoms. The summed E-state index contributed by atoms with van der Waals surface area (Å²) in [6, 6.07) is 2.38. The first-order valence-electron chi connectivity index (χ1n) is 4.53. The summed E-state index contributed by atoms with van der Waals surface area (Å²) in [6.07, 6.45) is 3.92. The number of rotatable bonds is 3. The minimum atomic E-state index is 0.304. The van der Waals surface area contributed by atoms with Crippen LogP contribution in [-0.4, -0.2) is 9.78 Å².